The second kappa shape index (κ2) is 6.40. The fourth-order valence-corrected chi connectivity index (χ4v) is 2.92. The number of ether oxygens (including phenoxy) is 1. The van der Waals surface area contributed by atoms with Gasteiger partial charge >= 0.3 is 0 Å². The van der Waals surface area contributed by atoms with Gasteiger partial charge in [0, 0.05) is 11.0 Å². The summed E-state index contributed by atoms with van der Waals surface area (Å²) in [5.74, 6) is 1.39. The molecule has 0 bridgehead atoms. The average Bonchev–Trinajstić information content (AvgIpc) is 2.48. The number of hydrogen-bond donors (Lipinski definition) is 1. The Bertz CT molecular complexity index is 462. The SMILES string of the molecule is CCOc1cccc(C(=O)C(C)(C)C2CCCNC2)c1. The van der Waals surface area contributed by atoms with E-state index in [9.17, 15) is 4.79 Å². The highest BCUT2D eigenvalue weighted by molar-refractivity contribution is 6.00. The first-order chi connectivity index (χ1) is 9.55. The maximum absolute atomic E-state index is 12.8. The van der Waals surface area contributed by atoms with E-state index in [1.807, 2.05) is 31.2 Å². The van der Waals surface area contributed by atoms with E-state index in [0.717, 1.165) is 37.2 Å². The van der Waals surface area contributed by atoms with Crippen molar-refractivity contribution in [2.75, 3.05) is 19.7 Å². The van der Waals surface area contributed by atoms with E-state index < -0.39 is 0 Å². The van der Waals surface area contributed by atoms with Gasteiger partial charge in [-0.2, -0.15) is 0 Å². The predicted octanol–water partition coefficient (Wildman–Crippen LogP) is 3.29. The molecule has 0 amide bonds. The van der Waals surface area contributed by atoms with Gasteiger partial charge in [0.1, 0.15) is 5.75 Å². The van der Waals surface area contributed by atoms with Crippen LogP contribution < -0.4 is 10.1 Å². The minimum atomic E-state index is -0.335. The van der Waals surface area contributed by atoms with Crippen LogP contribution in [0.15, 0.2) is 24.3 Å². The largest absolute Gasteiger partial charge is 0.494 e. The van der Waals surface area contributed by atoms with Crippen LogP contribution in [-0.4, -0.2) is 25.5 Å². The highest BCUT2D eigenvalue weighted by Crippen LogP contribution is 2.35. The van der Waals surface area contributed by atoms with Gasteiger partial charge in [-0.25, -0.2) is 0 Å². The minimum absolute atomic E-state index is 0.216. The molecule has 1 saturated heterocycles. The third-order valence-corrected chi connectivity index (χ3v) is 4.31. The van der Waals surface area contributed by atoms with E-state index >= 15 is 0 Å². The molecule has 1 aromatic carbocycles. The van der Waals surface area contributed by atoms with Gasteiger partial charge in [-0.15, -0.1) is 0 Å². The molecular weight excluding hydrogens is 250 g/mol. The smallest absolute Gasteiger partial charge is 0.168 e. The maximum atomic E-state index is 12.8. The van der Waals surface area contributed by atoms with Gasteiger partial charge in [0.25, 0.3) is 0 Å². The number of ketones is 1. The van der Waals surface area contributed by atoms with Crippen LogP contribution in [0.2, 0.25) is 0 Å². The first kappa shape index (κ1) is 15.0. The van der Waals surface area contributed by atoms with Crippen LogP contribution in [0.4, 0.5) is 0 Å². The molecule has 0 aliphatic carbocycles. The lowest BCUT2D eigenvalue weighted by Gasteiger charge is -2.36. The van der Waals surface area contributed by atoms with Crippen molar-refractivity contribution < 1.29 is 9.53 Å². The molecule has 3 nitrogen and oxygen atoms in total. The van der Waals surface area contributed by atoms with Crippen LogP contribution in [0.1, 0.15) is 44.0 Å². The van der Waals surface area contributed by atoms with Crippen molar-refractivity contribution in [2.45, 2.75) is 33.6 Å². The van der Waals surface area contributed by atoms with Crippen LogP contribution in [-0.2, 0) is 0 Å². The summed E-state index contributed by atoms with van der Waals surface area (Å²) < 4.78 is 5.49. The highest BCUT2D eigenvalue weighted by Gasteiger charge is 2.37. The predicted molar refractivity (Wildman–Crippen MR) is 81.3 cm³/mol. The number of nitrogens with one attached hydrogen (secondary N) is 1. The van der Waals surface area contributed by atoms with Crippen LogP contribution in [0, 0.1) is 11.3 Å². The van der Waals surface area contributed by atoms with Crippen LogP contribution in [0.5, 0.6) is 5.75 Å². The summed E-state index contributed by atoms with van der Waals surface area (Å²) in [5.41, 5.74) is 0.421. The van der Waals surface area contributed by atoms with Gasteiger partial charge in [-0.1, -0.05) is 26.0 Å². The van der Waals surface area contributed by atoms with Gasteiger partial charge in [0.15, 0.2) is 5.78 Å². The molecule has 1 atom stereocenters. The van der Waals surface area contributed by atoms with E-state index in [-0.39, 0.29) is 11.2 Å². The lowest BCUT2D eigenvalue weighted by atomic mass is 9.70. The third-order valence-electron chi connectivity index (χ3n) is 4.31. The van der Waals surface area contributed by atoms with Crippen molar-refractivity contribution in [2.24, 2.45) is 11.3 Å². The molecule has 1 aliphatic rings. The second-order valence-corrected chi connectivity index (χ2v) is 6.05. The van der Waals surface area contributed by atoms with Crippen molar-refractivity contribution in [3.05, 3.63) is 29.8 Å². The topological polar surface area (TPSA) is 38.3 Å². The van der Waals surface area contributed by atoms with E-state index in [2.05, 4.69) is 19.2 Å². The van der Waals surface area contributed by atoms with E-state index in [0.29, 0.717) is 12.5 Å². The molecule has 0 spiro atoms. The minimum Gasteiger partial charge on any atom is -0.494 e. The summed E-state index contributed by atoms with van der Waals surface area (Å²) in [6, 6.07) is 7.55. The summed E-state index contributed by atoms with van der Waals surface area (Å²) in [4.78, 5) is 12.8. The Kier molecular flexibility index (Phi) is 4.81. The van der Waals surface area contributed by atoms with Crippen LogP contribution in [0.25, 0.3) is 0 Å². The molecule has 0 radical (unpaired) electrons. The lowest BCUT2D eigenvalue weighted by molar-refractivity contribution is 0.0708. The Morgan fingerprint density at radius 3 is 2.90 bits per heavy atom. The first-order valence-corrected chi connectivity index (χ1v) is 7.54. The van der Waals surface area contributed by atoms with Crippen LogP contribution >= 0.6 is 0 Å². The zero-order valence-corrected chi connectivity index (χ0v) is 12.7. The number of rotatable bonds is 5. The molecule has 20 heavy (non-hydrogen) atoms. The maximum Gasteiger partial charge on any atom is 0.168 e. The Balaban J connectivity index is 2.18. The van der Waals surface area contributed by atoms with Gasteiger partial charge < -0.3 is 10.1 Å². The number of carbonyl (C=O) groups is 1. The zero-order valence-electron chi connectivity index (χ0n) is 12.7. The normalized spacial score (nSPS) is 19.6. The van der Waals surface area contributed by atoms with E-state index in [1.165, 1.54) is 0 Å². The molecule has 1 N–H and O–H groups in total. The van der Waals surface area contributed by atoms with Crippen molar-refractivity contribution >= 4 is 5.78 Å². The molecule has 1 aliphatic heterocycles. The number of benzene rings is 1. The van der Waals surface area contributed by atoms with Crippen molar-refractivity contribution in [3.8, 4) is 5.75 Å². The molecule has 2 rings (SSSR count). The fourth-order valence-electron chi connectivity index (χ4n) is 2.92. The molecule has 1 fully saturated rings. The fraction of sp³-hybridized carbons (Fsp3) is 0.588. The Morgan fingerprint density at radius 2 is 2.25 bits per heavy atom. The number of piperidine rings is 1. The molecule has 3 heteroatoms. The summed E-state index contributed by atoms with van der Waals surface area (Å²) in [6.07, 6.45) is 2.28. The zero-order chi connectivity index (χ0) is 14.6. The quantitative estimate of drug-likeness (QED) is 0.838. The first-order valence-electron chi connectivity index (χ1n) is 7.54. The standard InChI is InChI=1S/C17H25NO2/c1-4-20-15-9-5-7-13(11-15)16(19)17(2,3)14-8-6-10-18-12-14/h5,7,9,11,14,18H,4,6,8,10,12H2,1-3H3. The third kappa shape index (κ3) is 3.21. The molecule has 110 valence electrons. The second-order valence-electron chi connectivity index (χ2n) is 6.05. The van der Waals surface area contributed by atoms with Gasteiger partial charge in [-0.3, -0.25) is 4.79 Å². The highest BCUT2D eigenvalue weighted by atomic mass is 16.5. The lowest BCUT2D eigenvalue weighted by Crippen LogP contribution is -2.42. The molecule has 0 aromatic heterocycles. The van der Waals surface area contributed by atoms with Crippen molar-refractivity contribution in [3.63, 3.8) is 0 Å². The van der Waals surface area contributed by atoms with E-state index in [1.54, 1.807) is 0 Å². The monoisotopic (exact) mass is 275 g/mol. The Morgan fingerprint density at radius 1 is 1.45 bits per heavy atom. The molecule has 1 aromatic rings. The summed E-state index contributed by atoms with van der Waals surface area (Å²) in [7, 11) is 0. The summed E-state index contributed by atoms with van der Waals surface area (Å²) >= 11 is 0. The van der Waals surface area contributed by atoms with Crippen LogP contribution in [0.3, 0.4) is 0 Å². The number of carbonyl (C=O) groups excluding carboxylic acids is 1. The Hall–Kier alpha value is -1.35. The van der Waals surface area contributed by atoms with Crippen molar-refractivity contribution in [1.29, 1.82) is 0 Å². The van der Waals surface area contributed by atoms with Gasteiger partial charge in [0.05, 0.1) is 6.61 Å². The van der Waals surface area contributed by atoms with Crippen molar-refractivity contribution in [1.82, 2.24) is 5.32 Å². The summed E-state index contributed by atoms with van der Waals surface area (Å²) in [6.45, 7) is 8.71. The number of hydrogen-bond acceptors (Lipinski definition) is 3. The van der Waals surface area contributed by atoms with Gasteiger partial charge in [0.2, 0.25) is 0 Å². The van der Waals surface area contributed by atoms with Gasteiger partial charge in [-0.05, 0) is 50.9 Å². The Labute approximate surface area is 121 Å². The molecular formula is C17H25NO2. The molecule has 1 heterocycles. The number of Topliss-reactive ketones (excluding diaryl/α,β-unsaturated/α-hetero) is 1. The summed E-state index contributed by atoms with van der Waals surface area (Å²) in [5, 5.41) is 3.40. The molecule has 1 unspecified atom stereocenters. The average molecular weight is 275 g/mol. The van der Waals surface area contributed by atoms with E-state index in [4.69, 9.17) is 4.74 Å². The molecule has 0 saturated carbocycles.